The molecule has 0 N–H and O–H groups in total. The van der Waals surface area contributed by atoms with Crippen molar-refractivity contribution in [2.45, 2.75) is 41.5 Å². The Kier molecular flexibility index (Phi) is 5.26. The summed E-state index contributed by atoms with van der Waals surface area (Å²) in [6, 6.07) is 21.7. The van der Waals surface area contributed by atoms with E-state index < -0.39 is 0 Å². The van der Waals surface area contributed by atoms with Crippen molar-refractivity contribution in [3.05, 3.63) is 94.0 Å². The fourth-order valence-electron chi connectivity index (χ4n) is 4.11. The second-order valence-corrected chi connectivity index (χ2v) is 8.42. The lowest BCUT2D eigenvalue weighted by atomic mass is 9.98. The molecule has 0 unspecified atom stereocenters. The molecule has 4 aromatic rings. The fourth-order valence-corrected chi connectivity index (χ4v) is 4.11. The molecule has 2 heteroatoms. The van der Waals surface area contributed by atoms with Gasteiger partial charge in [0.15, 0.2) is 5.82 Å². The topological polar surface area (TPSA) is 25.8 Å². The summed E-state index contributed by atoms with van der Waals surface area (Å²) in [7, 11) is 0. The van der Waals surface area contributed by atoms with Crippen molar-refractivity contribution in [1.82, 2.24) is 9.97 Å². The Bertz CT molecular complexity index is 1080. The van der Waals surface area contributed by atoms with Gasteiger partial charge in [-0.05, 0) is 64.3 Å². The van der Waals surface area contributed by atoms with Gasteiger partial charge in [0.1, 0.15) is 0 Å². The molecule has 0 radical (unpaired) electrons. The van der Waals surface area contributed by atoms with E-state index in [1.165, 1.54) is 33.4 Å². The van der Waals surface area contributed by atoms with Crippen molar-refractivity contribution >= 4 is 0 Å². The van der Waals surface area contributed by atoms with Crippen LogP contribution in [0.2, 0.25) is 0 Å². The minimum atomic E-state index is 0.778. The molecule has 0 aliphatic heterocycles. The van der Waals surface area contributed by atoms with Gasteiger partial charge in [-0.15, -0.1) is 0 Å². The van der Waals surface area contributed by atoms with Crippen LogP contribution in [0.15, 0.2) is 60.7 Å². The molecule has 3 aromatic carbocycles. The largest absolute Gasteiger partial charge is 0.228 e. The van der Waals surface area contributed by atoms with E-state index in [0.29, 0.717) is 0 Å². The summed E-state index contributed by atoms with van der Waals surface area (Å²) in [5.74, 6) is 0.778. The van der Waals surface area contributed by atoms with Crippen LogP contribution in [0.4, 0.5) is 0 Å². The molecule has 1 aromatic heterocycles. The third-order valence-corrected chi connectivity index (χ3v) is 5.66. The van der Waals surface area contributed by atoms with Crippen LogP contribution in [0.1, 0.15) is 33.4 Å². The highest BCUT2D eigenvalue weighted by Crippen LogP contribution is 2.32. The Hall–Kier alpha value is -3.26. The fraction of sp³-hybridized carbons (Fsp3) is 0.214. The summed E-state index contributed by atoms with van der Waals surface area (Å²) in [5, 5.41) is 0. The second kappa shape index (κ2) is 7.87. The van der Waals surface area contributed by atoms with Crippen molar-refractivity contribution in [1.29, 1.82) is 0 Å². The lowest BCUT2D eigenvalue weighted by Crippen LogP contribution is -1.99. The zero-order valence-electron chi connectivity index (χ0n) is 18.7. The first kappa shape index (κ1) is 20.0. The van der Waals surface area contributed by atoms with Crippen molar-refractivity contribution in [2.75, 3.05) is 0 Å². The summed E-state index contributed by atoms with van der Waals surface area (Å²) < 4.78 is 0. The minimum absolute atomic E-state index is 0.778. The van der Waals surface area contributed by atoms with Crippen LogP contribution in [-0.2, 0) is 0 Å². The number of rotatable bonds is 3. The van der Waals surface area contributed by atoms with Crippen LogP contribution in [0.3, 0.4) is 0 Å². The molecule has 0 aliphatic rings. The van der Waals surface area contributed by atoms with Gasteiger partial charge in [-0.1, -0.05) is 71.3 Å². The van der Waals surface area contributed by atoms with Crippen molar-refractivity contribution in [2.24, 2.45) is 0 Å². The predicted octanol–water partition coefficient (Wildman–Crippen LogP) is 7.33. The molecule has 0 saturated carbocycles. The number of nitrogens with zero attached hydrogens (tertiary/aromatic N) is 2. The van der Waals surface area contributed by atoms with E-state index in [1.54, 1.807) is 0 Å². The van der Waals surface area contributed by atoms with Gasteiger partial charge in [-0.3, -0.25) is 0 Å². The number of aromatic nitrogens is 2. The molecular formula is C28H28N2. The van der Waals surface area contributed by atoms with E-state index in [1.807, 2.05) is 0 Å². The van der Waals surface area contributed by atoms with E-state index in [4.69, 9.17) is 9.97 Å². The predicted molar refractivity (Wildman–Crippen MR) is 127 cm³/mol. The number of benzene rings is 3. The number of aryl methyl sites for hydroxylation is 6. The van der Waals surface area contributed by atoms with Crippen LogP contribution >= 0.6 is 0 Å². The molecule has 0 saturated heterocycles. The highest BCUT2D eigenvalue weighted by atomic mass is 14.9. The maximum atomic E-state index is 5.02. The highest BCUT2D eigenvalue weighted by molar-refractivity contribution is 5.75. The van der Waals surface area contributed by atoms with E-state index in [0.717, 1.165) is 33.9 Å². The van der Waals surface area contributed by atoms with Crippen LogP contribution in [-0.4, -0.2) is 9.97 Å². The molecule has 0 aliphatic carbocycles. The van der Waals surface area contributed by atoms with Gasteiger partial charge in [0.05, 0.1) is 11.4 Å². The third-order valence-electron chi connectivity index (χ3n) is 5.66. The van der Waals surface area contributed by atoms with Crippen molar-refractivity contribution in [3.63, 3.8) is 0 Å². The van der Waals surface area contributed by atoms with Gasteiger partial charge < -0.3 is 0 Å². The lowest BCUT2D eigenvalue weighted by molar-refractivity contribution is 1.16. The zero-order valence-corrected chi connectivity index (χ0v) is 18.7. The summed E-state index contributed by atoms with van der Waals surface area (Å²) in [6.07, 6.45) is 0. The van der Waals surface area contributed by atoms with Gasteiger partial charge in [0, 0.05) is 16.7 Å². The second-order valence-electron chi connectivity index (χ2n) is 8.42. The van der Waals surface area contributed by atoms with Crippen LogP contribution < -0.4 is 0 Å². The van der Waals surface area contributed by atoms with Gasteiger partial charge >= 0.3 is 0 Å². The molecule has 0 atom stereocenters. The van der Waals surface area contributed by atoms with Crippen LogP contribution in [0.5, 0.6) is 0 Å². The molecular weight excluding hydrogens is 364 g/mol. The minimum Gasteiger partial charge on any atom is -0.228 e. The quantitative estimate of drug-likeness (QED) is 0.365. The monoisotopic (exact) mass is 392 g/mol. The molecule has 0 spiro atoms. The SMILES string of the molecule is Cc1ccc(-c2cc(-c3ccc(C)cc3C)nc(-c3ccc(C)cc3C)n2)c(C)c1. The number of hydrogen-bond acceptors (Lipinski definition) is 2. The normalized spacial score (nSPS) is 11.0. The van der Waals surface area contributed by atoms with Crippen molar-refractivity contribution in [3.8, 4) is 33.9 Å². The third kappa shape index (κ3) is 3.91. The molecule has 2 nitrogen and oxygen atoms in total. The Labute approximate surface area is 179 Å². The van der Waals surface area contributed by atoms with E-state index in [2.05, 4.69) is 102 Å². The summed E-state index contributed by atoms with van der Waals surface area (Å²) >= 11 is 0. The Morgan fingerprint density at radius 2 is 0.800 bits per heavy atom. The zero-order chi connectivity index (χ0) is 21.4. The average Bonchev–Trinajstić information content (AvgIpc) is 2.67. The molecule has 4 rings (SSSR count). The lowest BCUT2D eigenvalue weighted by Gasteiger charge is -2.14. The van der Waals surface area contributed by atoms with Gasteiger partial charge in [-0.25, -0.2) is 9.97 Å². The molecule has 150 valence electrons. The Morgan fingerprint density at radius 3 is 1.17 bits per heavy atom. The molecule has 0 fully saturated rings. The van der Waals surface area contributed by atoms with Gasteiger partial charge in [0.2, 0.25) is 0 Å². The smallest absolute Gasteiger partial charge is 0.160 e. The van der Waals surface area contributed by atoms with Crippen LogP contribution in [0, 0.1) is 41.5 Å². The molecule has 30 heavy (non-hydrogen) atoms. The standard InChI is InChI=1S/C28H28N2/c1-17-7-10-23(20(4)13-17)26-16-27(24-11-8-18(2)14-21(24)5)30-28(29-26)25-12-9-19(3)15-22(25)6/h7-16H,1-6H3. The van der Waals surface area contributed by atoms with Crippen molar-refractivity contribution < 1.29 is 0 Å². The Balaban J connectivity index is 1.98. The average molecular weight is 393 g/mol. The maximum absolute atomic E-state index is 5.02. The molecule has 1 heterocycles. The van der Waals surface area contributed by atoms with E-state index in [9.17, 15) is 0 Å². The summed E-state index contributed by atoms with van der Waals surface area (Å²) in [6.45, 7) is 12.8. The summed E-state index contributed by atoms with van der Waals surface area (Å²) in [4.78, 5) is 10.0. The first-order valence-corrected chi connectivity index (χ1v) is 10.4. The van der Waals surface area contributed by atoms with Crippen LogP contribution in [0.25, 0.3) is 33.9 Å². The molecule has 0 amide bonds. The molecule has 0 bridgehead atoms. The van der Waals surface area contributed by atoms with E-state index in [-0.39, 0.29) is 0 Å². The van der Waals surface area contributed by atoms with Gasteiger partial charge in [0.25, 0.3) is 0 Å². The first-order valence-electron chi connectivity index (χ1n) is 10.4. The first-order chi connectivity index (χ1) is 14.3. The highest BCUT2D eigenvalue weighted by Gasteiger charge is 2.14. The van der Waals surface area contributed by atoms with E-state index >= 15 is 0 Å². The maximum Gasteiger partial charge on any atom is 0.160 e. The summed E-state index contributed by atoms with van der Waals surface area (Å²) in [5.41, 5.74) is 12.7. The Morgan fingerprint density at radius 1 is 0.433 bits per heavy atom. The van der Waals surface area contributed by atoms with Gasteiger partial charge in [-0.2, -0.15) is 0 Å². The number of hydrogen-bond donors (Lipinski definition) is 0.